The first-order chi connectivity index (χ1) is 12.4. The highest BCUT2D eigenvalue weighted by Gasteiger charge is 2.29. The molecule has 0 atom stereocenters. The average Bonchev–Trinajstić information content (AvgIpc) is 2.92. The molecular weight excluding hydrogens is 355 g/mol. The van der Waals surface area contributed by atoms with Crippen molar-refractivity contribution in [2.24, 2.45) is 7.05 Å². The summed E-state index contributed by atoms with van der Waals surface area (Å²) in [7, 11) is 1.82. The summed E-state index contributed by atoms with van der Waals surface area (Å²) < 4.78 is 15.7. The number of nitrogens with zero attached hydrogens (tertiary/aromatic N) is 4. The van der Waals surface area contributed by atoms with Crippen LogP contribution < -0.4 is 4.90 Å². The minimum Gasteiger partial charge on any atom is -0.307 e. The highest BCUT2D eigenvalue weighted by atomic mass is 35.5. The van der Waals surface area contributed by atoms with Gasteiger partial charge in [0, 0.05) is 25.2 Å². The summed E-state index contributed by atoms with van der Waals surface area (Å²) in [4.78, 5) is 19.2. The molecule has 0 unspecified atom stereocenters. The molecule has 1 aliphatic heterocycles. The Hall–Kier alpha value is -2.47. The summed E-state index contributed by atoms with van der Waals surface area (Å²) in [6, 6.07) is 3.10. The third-order valence-electron chi connectivity index (χ3n) is 5.01. The summed E-state index contributed by atoms with van der Waals surface area (Å²) in [5.74, 6) is -0.520. The van der Waals surface area contributed by atoms with Crippen LogP contribution in [0, 0.1) is 19.7 Å². The van der Waals surface area contributed by atoms with Gasteiger partial charge in [0.05, 0.1) is 22.0 Å². The molecule has 0 spiro atoms. The van der Waals surface area contributed by atoms with Crippen LogP contribution in [0.3, 0.4) is 0 Å². The number of aromatic nitrogens is 3. The van der Waals surface area contributed by atoms with Gasteiger partial charge in [0.1, 0.15) is 5.82 Å². The van der Waals surface area contributed by atoms with E-state index < -0.39 is 0 Å². The molecule has 0 N–H and O–H groups in total. The van der Waals surface area contributed by atoms with E-state index in [0.29, 0.717) is 29.8 Å². The van der Waals surface area contributed by atoms with Crippen molar-refractivity contribution in [3.05, 3.63) is 51.6 Å². The zero-order valence-electron chi connectivity index (χ0n) is 14.8. The highest BCUT2D eigenvalue weighted by molar-refractivity contribution is 6.34. The summed E-state index contributed by atoms with van der Waals surface area (Å²) in [5, 5.41) is 5.45. The van der Waals surface area contributed by atoms with Crippen molar-refractivity contribution in [3.8, 4) is 0 Å². The normalized spacial score (nSPS) is 14.0. The maximum absolute atomic E-state index is 14.0. The largest absolute Gasteiger partial charge is 0.307 e. The van der Waals surface area contributed by atoms with Crippen LogP contribution in [0.2, 0.25) is 5.02 Å². The number of rotatable bonds is 1. The monoisotopic (exact) mass is 372 g/mol. The molecule has 1 amide bonds. The first-order valence-electron chi connectivity index (χ1n) is 8.47. The molecule has 0 saturated carbocycles. The van der Waals surface area contributed by atoms with Gasteiger partial charge in [-0.1, -0.05) is 11.6 Å². The van der Waals surface area contributed by atoms with Crippen molar-refractivity contribution < 1.29 is 9.18 Å². The Morgan fingerprint density at radius 3 is 2.85 bits per heavy atom. The van der Waals surface area contributed by atoms with Gasteiger partial charge in [-0.2, -0.15) is 5.10 Å². The van der Waals surface area contributed by atoms with E-state index in [0.717, 1.165) is 28.7 Å². The fourth-order valence-corrected chi connectivity index (χ4v) is 3.97. The van der Waals surface area contributed by atoms with Crippen LogP contribution in [0.5, 0.6) is 0 Å². The van der Waals surface area contributed by atoms with E-state index in [9.17, 15) is 9.18 Å². The first kappa shape index (κ1) is 17.0. The summed E-state index contributed by atoms with van der Waals surface area (Å²) in [5.41, 5.74) is 4.00. The van der Waals surface area contributed by atoms with Crippen LogP contribution in [0.4, 0.5) is 10.1 Å². The Labute approximate surface area is 155 Å². The summed E-state index contributed by atoms with van der Waals surface area (Å²) in [6.07, 6.45) is 3.03. The maximum Gasteiger partial charge on any atom is 0.259 e. The Morgan fingerprint density at radius 2 is 2.08 bits per heavy atom. The fourth-order valence-electron chi connectivity index (χ4n) is 3.66. The number of amides is 1. The number of pyridine rings is 1. The van der Waals surface area contributed by atoms with Gasteiger partial charge in [0.25, 0.3) is 5.91 Å². The molecule has 3 heterocycles. The lowest BCUT2D eigenvalue weighted by atomic mass is 9.96. The quantitative estimate of drug-likeness (QED) is 0.649. The van der Waals surface area contributed by atoms with Gasteiger partial charge in [-0.05, 0) is 49.9 Å². The molecule has 0 fully saturated rings. The number of carbonyl (C=O) groups is 1. The SMILES string of the molecule is Cc1c(F)cc(Cl)c2c1CCCN2C(=O)c1cnc2c(c1)c(C)nn2C. The van der Waals surface area contributed by atoms with Gasteiger partial charge in [0.15, 0.2) is 5.65 Å². The van der Waals surface area contributed by atoms with Gasteiger partial charge in [-0.3, -0.25) is 9.48 Å². The van der Waals surface area contributed by atoms with Crippen molar-refractivity contribution in [1.29, 1.82) is 0 Å². The summed E-state index contributed by atoms with van der Waals surface area (Å²) in [6.45, 7) is 4.16. The zero-order chi connectivity index (χ0) is 18.6. The molecule has 26 heavy (non-hydrogen) atoms. The predicted octanol–water partition coefficient (Wildman–Crippen LogP) is 3.97. The molecule has 1 aromatic carbocycles. The van der Waals surface area contributed by atoms with Crippen molar-refractivity contribution in [1.82, 2.24) is 14.8 Å². The van der Waals surface area contributed by atoms with Crippen molar-refractivity contribution >= 4 is 34.2 Å². The lowest BCUT2D eigenvalue weighted by molar-refractivity contribution is 0.0985. The maximum atomic E-state index is 14.0. The van der Waals surface area contributed by atoms with Gasteiger partial charge in [-0.25, -0.2) is 9.37 Å². The van der Waals surface area contributed by atoms with Gasteiger partial charge >= 0.3 is 0 Å². The van der Waals surface area contributed by atoms with E-state index in [1.807, 2.05) is 20.0 Å². The molecule has 0 bridgehead atoms. The Kier molecular flexibility index (Phi) is 3.95. The third-order valence-corrected chi connectivity index (χ3v) is 5.30. The minimum atomic E-state index is -0.336. The second-order valence-corrected chi connectivity index (χ2v) is 7.06. The Morgan fingerprint density at radius 1 is 1.31 bits per heavy atom. The topological polar surface area (TPSA) is 51.0 Å². The second kappa shape index (κ2) is 6.06. The van der Waals surface area contributed by atoms with Gasteiger partial charge in [-0.15, -0.1) is 0 Å². The number of fused-ring (bicyclic) bond motifs is 2. The summed E-state index contributed by atoms with van der Waals surface area (Å²) >= 11 is 6.31. The number of carbonyl (C=O) groups excluding carboxylic acids is 1. The molecule has 4 rings (SSSR count). The Balaban J connectivity index is 1.82. The van der Waals surface area contributed by atoms with E-state index in [2.05, 4.69) is 10.1 Å². The molecule has 2 aromatic heterocycles. The van der Waals surface area contributed by atoms with E-state index in [-0.39, 0.29) is 16.7 Å². The van der Waals surface area contributed by atoms with E-state index in [4.69, 9.17) is 11.6 Å². The van der Waals surface area contributed by atoms with Crippen LogP contribution in [0.25, 0.3) is 11.0 Å². The molecule has 3 aromatic rings. The van der Waals surface area contributed by atoms with E-state index in [1.165, 1.54) is 6.07 Å². The van der Waals surface area contributed by atoms with Crippen molar-refractivity contribution in [2.45, 2.75) is 26.7 Å². The number of hydrogen-bond donors (Lipinski definition) is 0. The van der Waals surface area contributed by atoms with Crippen LogP contribution in [-0.4, -0.2) is 27.2 Å². The van der Waals surface area contributed by atoms with Gasteiger partial charge in [0.2, 0.25) is 0 Å². The zero-order valence-corrected chi connectivity index (χ0v) is 15.6. The van der Waals surface area contributed by atoms with Crippen LogP contribution >= 0.6 is 11.6 Å². The second-order valence-electron chi connectivity index (χ2n) is 6.66. The first-order valence-corrected chi connectivity index (χ1v) is 8.85. The number of aryl methyl sites for hydroxylation is 2. The molecular formula is C19H18ClFN4O. The lowest BCUT2D eigenvalue weighted by Crippen LogP contribution is -2.36. The molecule has 5 nitrogen and oxygen atoms in total. The number of hydrogen-bond acceptors (Lipinski definition) is 3. The van der Waals surface area contributed by atoms with Crippen LogP contribution in [0.15, 0.2) is 18.3 Å². The number of halogens is 2. The lowest BCUT2D eigenvalue weighted by Gasteiger charge is -2.31. The third kappa shape index (κ3) is 2.48. The Bertz CT molecular complexity index is 1060. The molecule has 1 aliphatic rings. The van der Waals surface area contributed by atoms with Crippen molar-refractivity contribution in [2.75, 3.05) is 11.4 Å². The van der Waals surface area contributed by atoms with E-state index >= 15 is 0 Å². The molecule has 0 radical (unpaired) electrons. The smallest absolute Gasteiger partial charge is 0.259 e. The highest BCUT2D eigenvalue weighted by Crippen LogP contribution is 2.38. The molecule has 0 aliphatic carbocycles. The number of anilines is 1. The molecule has 0 saturated heterocycles. The number of benzene rings is 1. The average molecular weight is 373 g/mol. The standard InChI is InChI=1S/C19H18ClFN4O/c1-10-13-5-4-6-25(17(13)15(20)8-16(10)21)19(26)12-7-14-11(2)23-24(3)18(14)22-9-12/h7-9H,4-6H2,1-3H3. The molecule has 7 heteroatoms. The fraction of sp³-hybridized carbons (Fsp3) is 0.316. The van der Waals surface area contributed by atoms with Crippen molar-refractivity contribution in [3.63, 3.8) is 0 Å². The van der Waals surface area contributed by atoms with Crippen LogP contribution in [-0.2, 0) is 13.5 Å². The van der Waals surface area contributed by atoms with Gasteiger partial charge < -0.3 is 4.90 Å². The minimum absolute atomic E-state index is 0.184. The van der Waals surface area contributed by atoms with E-state index in [1.54, 1.807) is 22.7 Å². The molecule has 134 valence electrons. The predicted molar refractivity (Wildman–Crippen MR) is 99.4 cm³/mol. The van der Waals surface area contributed by atoms with Crippen LogP contribution in [0.1, 0.15) is 33.6 Å².